The number of sulfonamides is 1. The molecule has 0 bridgehead atoms. The molecule has 1 aliphatic carbocycles. The lowest BCUT2D eigenvalue weighted by molar-refractivity contribution is 0.249. The average Bonchev–Trinajstić information content (AvgIpc) is 2.66. The van der Waals surface area contributed by atoms with E-state index in [9.17, 15) is 8.42 Å². The minimum Gasteiger partial charge on any atom is -0.352 e. The summed E-state index contributed by atoms with van der Waals surface area (Å²) in [6, 6.07) is 2.33. The Morgan fingerprint density at radius 3 is 2.60 bits per heavy atom. The van der Waals surface area contributed by atoms with Gasteiger partial charge in [0.05, 0.1) is 0 Å². The highest BCUT2D eigenvalue weighted by atomic mass is 32.2. The van der Waals surface area contributed by atoms with Gasteiger partial charge < -0.3 is 9.88 Å². The standard InChI is InChI=1S/C14H25N3O2S/c1-11(2)15-9-13-8-14(10-16(13)3)20(18,19)17(4)12-6-5-7-12/h8,10-12,15H,5-7,9H2,1-4H3. The van der Waals surface area contributed by atoms with E-state index in [2.05, 4.69) is 19.2 Å². The second-order valence-corrected chi connectivity index (χ2v) is 7.92. The molecule has 0 amide bonds. The Labute approximate surface area is 122 Å². The Hall–Kier alpha value is -0.850. The fourth-order valence-corrected chi connectivity index (χ4v) is 3.83. The van der Waals surface area contributed by atoms with Crippen LogP contribution in [0.4, 0.5) is 0 Å². The van der Waals surface area contributed by atoms with Crippen LogP contribution in [0.1, 0.15) is 38.8 Å². The maximum Gasteiger partial charge on any atom is 0.244 e. The summed E-state index contributed by atoms with van der Waals surface area (Å²) >= 11 is 0. The van der Waals surface area contributed by atoms with Crippen LogP contribution in [-0.2, 0) is 23.6 Å². The summed E-state index contributed by atoms with van der Waals surface area (Å²) in [6.07, 6.45) is 4.79. The molecular formula is C14H25N3O2S. The first-order chi connectivity index (χ1) is 9.32. The van der Waals surface area contributed by atoms with Crippen LogP contribution in [0.2, 0.25) is 0 Å². The molecule has 114 valence electrons. The molecule has 20 heavy (non-hydrogen) atoms. The third-order valence-corrected chi connectivity index (χ3v) is 5.92. The summed E-state index contributed by atoms with van der Waals surface area (Å²) in [5, 5.41) is 3.31. The first-order valence-electron chi connectivity index (χ1n) is 7.19. The van der Waals surface area contributed by atoms with Crippen LogP contribution < -0.4 is 5.32 Å². The zero-order chi connectivity index (χ0) is 14.9. The summed E-state index contributed by atoms with van der Waals surface area (Å²) < 4.78 is 28.5. The van der Waals surface area contributed by atoms with Crippen LogP contribution >= 0.6 is 0 Å². The maximum atomic E-state index is 12.6. The van der Waals surface area contributed by atoms with Gasteiger partial charge in [0, 0.05) is 44.6 Å². The molecule has 1 saturated carbocycles. The van der Waals surface area contributed by atoms with Crippen LogP contribution in [-0.4, -0.2) is 36.4 Å². The molecule has 2 rings (SSSR count). The monoisotopic (exact) mass is 299 g/mol. The quantitative estimate of drug-likeness (QED) is 0.870. The van der Waals surface area contributed by atoms with E-state index in [0.29, 0.717) is 17.5 Å². The van der Waals surface area contributed by atoms with Crippen molar-refractivity contribution in [2.75, 3.05) is 7.05 Å². The molecule has 1 N–H and O–H groups in total. The topological polar surface area (TPSA) is 54.3 Å². The number of nitrogens with zero attached hydrogens (tertiary/aromatic N) is 2. The molecule has 0 saturated heterocycles. The Kier molecular flexibility index (Phi) is 4.56. The number of hydrogen-bond donors (Lipinski definition) is 1. The second kappa shape index (κ2) is 5.87. The lowest BCUT2D eigenvalue weighted by Crippen LogP contribution is -2.41. The number of rotatable bonds is 6. The molecule has 1 aromatic rings. The molecular weight excluding hydrogens is 274 g/mol. The Morgan fingerprint density at radius 2 is 2.10 bits per heavy atom. The van der Waals surface area contributed by atoms with Gasteiger partial charge in [0.25, 0.3) is 0 Å². The molecule has 1 fully saturated rings. The van der Waals surface area contributed by atoms with Crippen molar-refractivity contribution in [3.8, 4) is 0 Å². The van der Waals surface area contributed by atoms with E-state index in [-0.39, 0.29) is 6.04 Å². The summed E-state index contributed by atoms with van der Waals surface area (Å²) in [6.45, 7) is 4.83. The van der Waals surface area contributed by atoms with Gasteiger partial charge in [-0.2, -0.15) is 4.31 Å². The number of hydrogen-bond acceptors (Lipinski definition) is 3. The van der Waals surface area contributed by atoms with Gasteiger partial charge in [-0.15, -0.1) is 0 Å². The average molecular weight is 299 g/mol. The third kappa shape index (κ3) is 3.07. The SMILES string of the molecule is CC(C)NCc1cc(S(=O)(=O)N(C)C2CCC2)cn1C. The molecule has 0 radical (unpaired) electrons. The number of aryl methyl sites for hydroxylation is 1. The summed E-state index contributed by atoms with van der Waals surface area (Å²) in [5.74, 6) is 0. The molecule has 0 unspecified atom stereocenters. The molecule has 0 aromatic carbocycles. The fraction of sp³-hybridized carbons (Fsp3) is 0.714. The van der Waals surface area contributed by atoms with Crippen LogP contribution in [0.25, 0.3) is 0 Å². The van der Waals surface area contributed by atoms with Gasteiger partial charge in [0.15, 0.2) is 0 Å². The van der Waals surface area contributed by atoms with Crippen molar-refractivity contribution >= 4 is 10.0 Å². The van der Waals surface area contributed by atoms with E-state index in [1.165, 1.54) is 4.31 Å². The number of aromatic nitrogens is 1. The predicted molar refractivity (Wildman–Crippen MR) is 80.0 cm³/mol. The van der Waals surface area contributed by atoms with Gasteiger partial charge in [-0.05, 0) is 18.9 Å². The predicted octanol–water partition coefficient (Wildman–Crippen LogP) is 1.70. The highest BCUT2D eigenvalue weighted by molar-refractivity contribution is 7.89. The van der Waals surface area contributed by atoms with E-state index in [1.807, 2.05) is 11.6 Å². The van der Waals surface area contributed by atoms with E-state index in [1.54, 1.807) is 19.3 Å². The number of nitrogens with one attached hydrogen (secondary N) is 1. The van der Waals surface area contributed by atoms with Gasteiger partial charge in [-0.25, -0.2) is 8.42 Å². The van der Waals surface area contributed by atoms with E-state index < -0.39 is 10.0 Å². The highest BCUT2D eigenvalue weighted by Crippen LogP contribution is 2.29. The molecule has 0 spiro atoms. The van der Waals surface area contributed by atoms with E-state index in [4.69, 9.17) is 0 Å². The molecule has 5 nitrogen and oxygen atoms in total. The molecule has 1 heterocycles. The van der Waals surface area contributed by atoms with Crippen molar-refractivity contribution in [2.24, 2.45) is 7.05 Å². The first-order valence-corrected chi connectivity index (χ1v) is 8.63. The Bertz CT molecular complexity index is 559. The van der Waals surface area contributed by atoms with Crippen molar-refractivity contribution in [1.82, 2.24) is 14.2 Å². The van der Waals surface area contributed by atoms with Crippen LogP contribution in [0.15, 0.2) is 17.2 Å². The van der Waals surface area contributed by atoms with Gasteiger partial charge >= 0.3 is 0 Å². The lowest BCUT2D eigenvalue weighted by atomic mass is 9.94. The fourth-order valence-electron chi connectivity index (χ4n) is 2.32. The summed E-state index contributed by atoms with van der Waals surface area (Å²) in [5.41, 5.74) is 0.985. The zero-order valence-corrected chi connectivity index (χ0v) is 13.6. The summed E-state index contributed by atoms with van der Waals surface area (Å²) in [7, 11) is 0.227. The van der Waals surface area contributed by atoms with Gasteiger partial charge in [-0.3, -0.25) is 0 Å². The van der Waals surface area contributed by atoms with Gasteiger partial charge in [0.1, 0.15) is 4.90 Å². The van der Waals surface area contributed by atoms with Crippen LogP contribution in [0.5, 0.6) is 0 Å². The Morgan fingerprint density at radius 1 is 1.45 bits per heavy atom. The molecule has 6 heteroatoms. The van der Waals surface area contributed by atoms with E-state index >= 15 is 0 Å². The molecule has 0 aliphatic heterocycles. The highest BCUT2D eigenvalue weighted by Gasteiger charge is 2.32. The van der Waals surface area contributed by atoms with E-state index in [0.717, 1.165) is 25.0 Å². The van der Waals surface area contributed by atoms with Crippen molar-refractivity contribution in [3.05, 3.63) is 18.0 Å². The lowest BCUT2D eigenvalue weighted by Gasteiger charge is -2.33. The van der Waals surface area contributed by atoms with Crippen molar-refractivity contribution in [3.63, 3.8) is 0 Å². The van der Waals surface area contributed by atoms with Crippen molar-refractivity contribution in [2.45, 2.75) is 56.6 Å². The minimum atomic E-state index is -3.35. The van der Waals surface area contributed by atoms with Crippen LogP contribution in [0, 0.1) is 0 Å². The van der Waals surface area contributed by atoms with Crippen molar-refractivity contribution < 1.29 is 8.42 Å². The van der Waals surface area contributed by atoms with Gasteiger partial charge in [0.2, 0.25) is 10.0 Å². The molecule has 0 atom stereocenters. The summed E-state index contributed by atoms with van der Waals surface area (Å²) in [4.78, 5) is 0.398. The minimum absolute atomic E-state index is 0.178. The largest absolute Gasteiger partial charge is 0.352 e. The second-order valence-electron chi connectivity index (χ2n) is 5.92. The zero-order valence-electron chi connectivity index (χ0n) is 12.8. The van der Waals surface area contributed by atoms with Crippen LogP contribution in [0.3, 0.4) is 0 Å². The maximum absolute atomic E-state index is 12.6. The first kappa shape index (κ1) is 15.5. The molecule has 1 aromatic heterocycles. The molecule has 1 aliphatic rings. The smallest absolute Gasteiger partial charge is 0.244 e. The van der Waals surface area contributed by atoms with Gasteiger partial charge in [-0.1, -0.05) is 20.3 Å². The van der Waals surface area contributed by atoms with Crippen molar-refractivity contribution in [1.29, 1.82) is 0 Å². The normalized spacial score (nSPS) is 16.9. The third-order valence-electron chi connectivity index (χ3n) is 4.04. The Balaban J connectivity index is 2.17.